The molecule has 1 aromatic rings. The number of hydrogen-bond donors (Lipinski definition) is 1. The van der Waals surface area contributed by atoms with Crippen molar-refractivity contribution in [2.75, 3.05) is 0 Å². The van der Waals surface area contributed by atoms with E-state index in [1.165, 1.54) is 36.8 Å². The zero-order valence-corrected chi connectivity index (χ0v) is 9.58. The van der Waals surface area contributed by atoms with Crippen molar-refractivity contribution >= 4 is 0 Å². The standard InChI is InChI=1S/C14H21N/c1-11(13-4-2-3-5-13)14-8-6-12(10-15)7-9-14/h6-9,11,13H,2-5,10,15H2,1H3. The predicted octanol–water partition coefficient (Wildman–Crippen LogP) is 3.44. The van der Waals surface area contributed by atoms with Gasteiger partial charge in [-0.25, -0.2) is 0 Å². The molecule has 2 rings (SSSR count). The van der Waals surface area contributed by atoms with Crippen molar-refractivity contribution in [3.63, 3.8) is 0 Å². The van der Waals surface area contributed by atoms with Crippen LogP contribution >= 0.6 is 0 Å². The largest absolute Gasteiger partial charge is 0.326 e. The van der Waals surface area contributed by atoms with Crippen LogP contribution in [0.25, 0.3) is 0 Å². The molecule has 0 amide bonds. The second-order valence-electron chi connectivity index (χ2n) is 4.78. The molecule has 1 heteroatoms. The third kappa shape index (κ3) is 2.40. The fourth-order valence-corrected chi connectivity index (χ4v) is 2.69. The van der Waals surface area contributed by atoms with Gasteiger partial charge in [-0.15, -0.1) is 0 Å². The second kappa shape index (κ2) is 4.80. The molecule has 0 radical (unpaired) electrons. The summed E-state index contributed by atoms with van der Waals surface area (Å²) in [5, 5.41) is 0. The minimum atomic E-state index is 0.651. The van der Waals surface area contributed by atoms with Crippen LogP contribution in [0.1, 0.15) is 49.7 Å². The first-order valence-electron chi connectivity index (χ1n) is 6.10. The zero-order chi connectivity index (χ0) is 10.7. The number of hydrogen-bond acceptors (Lipinski definition) is 1. The Bertz CT molecular complexity index is 296. The van der Waals surface area contributed by atoms with E-state index in [9.17, 15) is 0 Å². The highest BCUT2D eigenvalue weighted by atomic mass is 14.5. The van der Waals surface area contributed by atoms with E-state index in [2.05, 4.69) is 31.2 Å². The maximum atomic E-state index is 5.60. The summed E-state index contributed by atoms with van der Waals surface area (Å²) in [6.07, 6.45) is 5.69. The maximum Gasteiger partial charge on any atom is 0.0178 e. The summed E-state index contributed by atoms with van der Waals surface area (Å²) in [4.78, 5) is 0. The molecular weight excluding hydrogens is 182 g/mol. The van der Waals surface area contributed by atoms with Gasteiger partial charge in [-0.05, 0) is 35.8 Å². The topological polar surface area (TPSA) is 26.0 Å². The molecule has 0 spiro atoms. The molecule has 0 saturated heterocycles. The van der Waals surface area contributed by atoms with Crippen LogP contribution in [0.2, 0.25) is 0 Å². The quantitative estimate of drug-likeness (QED) is 0.800. The molecule has 1 saturated carbocycles. The Morgan fingerprint density at radius 2 is 1.80 bits per heavy atom. The SMILES string of the molecule is CC(c1ccc(CN)cc1)C1CCCC1. The Balaban J connectivity index is 2.07. The summed E-state index contributed by atoms with van der Waals surface area (Å²) < 4.78 is 0. The third-order valence-electron chi connectivity index (χ3n) is 3.85. The van der Waals surface area contributed by atoms with E-state index in [-0.39, 0.29) is 0 Å². The average Bonchev–Trinajstić information content (AvgIpc) is 2.82. The van der Waals surface area contributed by atoms with E-state index < -0.39 is 0 Å². The Kier molecular flexibility index (Phi) is 3.42. The van der Waals surface area contributed by atoms with Gasteiger partial charge in [0, 0.05) is 6.54 Å². The van der Waals surface area contributed by atoms with Crippen molar-refractivity contribution < 1.29 is 0 Å². The summed E-state index contributed by atoms with van der Waals surface area (Å²) in [5.41, 5.74) is 8.32. The first-order valence-corrected chi connectivity index (χ1v) is 6.10. The van der Waals surface area contributed by atoms with Gasteiger partial charge in [0.05, 0.1) is 0 Å². The van der Waals surface area contributed by atoms with Crippen LogP contribution in [0.15, 0.2) is 24.3 Å². The summed E-state index contributed by atoms with van der Waals surface area (Å²) in [6, 6.07) is 8.85. The lowest BCUT2D eigenvalue weighted by Crippen LogP contribution is -2.06. The Hall–Kier alpha value is -0.820. The van der Waals surface area contributed by atoms with Gasteiger partial charge in [0.2, 0.25) is 0 Å². The van der Waals surface area contributed by atoms with Gasteiger partial charge in [0.25, 0.3) is 0 Å². The van der Waals surface area contributed by atoms with E-state index in [1.807, 2.05) is 0 Å². The predicted molar refractivity (Wildman–Crippen MR) is 64.7 cm³/mol. The van der Waals surface area contributed by atoms with Gasteiger partial charge in [-0.1, -0.05) is 44.0 Å². The number of rotatable bonds is 3. The van der Waals surface area contributed by atoms with Crippen LogP contribution in [0.5, 0.6) is 0 Å². The lowest BCUT2D eigenvalue weighted by molar-refractivity contribution is 0.461. The van der Waals surface area contributed by atoms with Crippen LogP contribution in [-0.4, -0.2) is 0 Å². The average molecular weight is 203 g/mol. The zero-order valence-electron chi connectivity index (χ0n) is 9.58. The molecule has 82 valence electrons. The summed E-state index contributed by atoms with van der Waals surface area (Å²) in [7, 11) is 0. The summed E-state index contributed by atoms with van der Waals surface area (Å²) in [5.74, 6) is 1.63. The van der Waals surface area contributed by atoms with E-state index >= 15 is 0 Å². The Labute approximate surface area is 92.7 Å². The highest BCUT2D eigenvalue weighted by Crippen LogP contribution is 2.36. The normalized spacial score (nSPS) is 19.3. The van der Waals surface area contributed by atoms with Crippen LogP contribution in [0.3, 0.4) is 0 Å². The number of nitrogens with two attached hydrogens (primary N) is 1. The van der Waals surface area contributed by atoms with Crippen molar-refractivity contribution in [2.45, 2.75) is 45.1 Å². The van der Waals surface area contributed by atoms with Crippen molar-refractivity contribution in [1.82, 2.24) is 0 Å². The lowest BCUT2D eigenvalue weighted by atomic mass is 9.86. The monoisotopic (exact) mass is 203 g/mol. The molecule has 0 bridgehead atoms. The first-order chi connectivity index (χ1) is 7.31. The van der Waals surface area contributed by atoms with E-state index in [0.29, 0.717) is 6.54 Å². The van der Waals surface area contributed by atoms with Gasteiger partial charge >= 0.3 is 0 Å². The lowest BCUT2D eigenvalue weighted by Gasteiger charge is -2.19. The Morgan fingerprint density at radius 1 is 1.20 bits per heavy atom. The van der Waals surface area contributed by atoms with E-state index in [4.69, 9.17) is 5.73 Å². The molecule has 0 aromatic heterocycles. The van der Waals surface area contributed by atoms with E-state index in [0.717, 1.165) is 11.8 Å². The van der Waals surface area contributed by atoms with Crippen LogP contribution < -0.4 is 5.73 Å². The molecule has 0 heterocycles. The first kappa shape index (κ1) is 10.7. The molecular formula is C14H21N. The second-order valence-corrected chi connectivity index (χ2v) is 4.78. The van der Waals surface area contributed by atoms with Gasteiger partial charge in [0.1, 0.15) is 0 Å². The molecule has 1 fully saturated rings. The van der Waals surface area contributed by atoms with Crippen molar-refractivity contribution in [3.8, 4) is 0 Å². The van der Waals surface area contributed by atoms with Crippen LogP contribution in [0, 0.1) is 5.92 Å². The molecule has 2 N–H and O–H groups in total. The molecule has 1 unspecified atom stereocenters. The minimum Gasteiger partial charge on any atom is -0.326 e. The van der Waals surface area contributed by atoms with Gasteiger partial charge in [0.15, 0.2) is 0 Å². The summed E-state index contributed by atoms with van der Waals surface area (Å²) in [6.45, 7) is 3.02. The molecule has 1 aromatic carbocycles. The smallest absolute Gasteiger partial charge is 0.0178 e. The van der Waals surface area contributed by atoms with Crippen molar-refractivity contribution in [3.05, 3.63) is 35.4 Å². The third-order valence-corrected chi connectivity index (χ3v) is 3.85. The molecule has 0 aliphatic heterocycles. The van der Waals surface area contributed by atoms with Gasteiger partial charge in [-0.3, -0.25) is 0 Å². The highest BCUT2D eigenvalue weighted by Gasteiger charge is 2.22. The minimum absolute atomic E-state index is 0.651. The molecule has 15 heavy (non-hydrogen) atoms. The Morgan fingerprint density at radius 3 is 2.33 bits per heavy atom. The molecule has 1 atom stereocenters. The fourth-order valence-electron chi connectivity index (χ4n) is 2.69. The fraction of sp³-hybridized carbons (Fsp3) is 0.571. The molecule has 1 aliphatic carbocycles. The van der Waals surface area contributed by atoms with Crippen molar-refractivity contribution in [1.29, 1.82) is 0 Å². The van der Waals surface area contributed by atoms with E-state index in [1.54, 1.807) is 0 Å². The maximum absolute atomic E-state index is 5.60. The number of benzene rings is 1. The molecule has 1 nitrogen and oxygen atoms in total. The van der Waals surface area contributed by atoms with Crippen molar-refractivity contribution in [2.24, 2.45) is 11.7 Å². The molecule has 1 aliphatic rings. The van der Waals surface area contributed by atoms with Gasteiger partial charge < -0.3 is 5.73 Å². The summed E-state index contributed by atoms with van der Waals surface area (Å²) >= 11 is 0. The highest BCUT2D eigenvalue weighted by molar-refractivity contribution is 5.25. The van der Waals surface area contributed by atoms with Gasteiger partial charge in [-0.2, -0.15) is 0 Å². The van der Waals surface area contributed by atoms with Crippen LogP contribution in [0.4, 0.5) is 0 Å². The van der Waals surface area contributed by atoms with Crippen LogP contribution in [-0.2, 0) is 6.54 Å².